The van der Waals surface area contributed by atoms with Gasteiger partial charge in [0.1, 0.15) is 11.6 Å². The van der Waals surface area contributed by atoms with Gasteiger partial charge in [-0.2, -0.15) is 0 Å². The van der Waals surface area contributed by atoms with Gasteiger partial charge in [0.25, 0.3) is 0 Å². The van der Waals surface area contributed by atoms with Gasteiger partial charge in [-0.15, -0.1) is 0 Å². The van der Waals surface area contributed by atoms with E-state index in [-0.39, 0.29) is 5.82 Å². The van der Waals surface area contributed by atoms with Crippen molar-refractivity contribution in [2.24, 2.45) is 5.73 Å². The molecule has 0 aliphatic carbocycles. The summed E-state index contributed by atoms with van der Waals surface area (Å²) in [5, 5.41) is 0. The van der Waals surface area contributed by atoms with E-state index in [1.165, 1.54) is 6.07 Å². The van der Waals surface area contributed by atoms with E-state index in [0.29, 0.717) is 18.7 Å². The molecule has 3 rings (SSSR count). The number of hydrogen-bond donors (Lipinski definition) is 1. The van der Waals surface area contributed by atoms with Gasteiger partial charge < -0.3 is 10.5 Å². The monoisotopic (exact) mass is 243 g/mol. The quantitative estimate of drug-likeness (QED) is 0.880. The number of halogens is 1. The first kappa shape index (κ1) is 11.2. The Labute approximate surface area is 105 Å². The molecule has 0 saturated carbocycles. The molecule has 0 spiro atoms. The van der Waals surface area contributed by atoms with Crippen LogP contribution >= 0.6 is 0 Å². The first-order chi connectivity index (χ1) is 8.79. The van der Waals surface area contributed by atoms with Crippen LogP contribution in [0.15, 0.2) is 36.4 Å². The van der Waals surface area contributed by atoms with Crippen molar-refractivity contribution in [1.82, 2.24) is 0 Å². The van der Waals surface area contributed by atoms with Gasteiger partial charge >= 0.3 is 0 Å². The zero-order valence-corrected chi connectivity index (χ0v) is 9.95. The van der Waals surface area contributed by atoms with Gasteiger partial charge in [-0.05, 0) is 23.3 Å². The normalized spacial score (nSPS) is 13.2. The first-order valence-electron chi connectivity index (χ1n) is 6.03. The summed E-state index contributed by atoms with van der Waals surface area (Å²) in [6, 6.07) is 10.8. The highest BCUT2D eigenvalue weighted by molar-refractivity contribution is 5.73. The number of fused-ring (bicyclic) bond motifs is 1. The van der Waals surface area contributed by atoms with Gasteiger partial charge in [-0.3, -0.25) is 0 Å². The molecule has 1 aliphatic heterocycles. The third-order valence-electron chi connectivity index (χ3n) is 3.27. The highest BCUT2D eigenvalue weighted by Gasteiger charge is 2.18. The van der Waals surface area contributed by atoms with Gasteiger partial charge in [0, 0.05) is 24.1 Å². The third-order valence-corrected chi connectivity index (χ3v) is 3.27. The average molecular weight is 243 g/mol. The lowest BCUT2D eigenvalue weighted by molar-refractivity contribution is 0.358. The van der Waals surface area contributed by atoms with Crippen LogP contribution in [0.3, 0.4) is 0 Å². The van der Waals surface area contributed by atoms with Crippen LogP contribution in [0.1, 0.15) is 11.1 Å². The molecular weight excluding hydrogens is 229 g/mol. The van der Waals surface area contributed by atoms with Gasteiger partial charge in [0.05, 0.1) is 6.61 Å². The van der Waals surface area contributed by atoms with Crippen LogP contribution in [0.2, 0.25) is 0 Å². The highest BCUT2D eigenvalue weighted by Crippen LogP contribution is 2.38. The third kappa shape index (κ3) is 1.77. The average Bonchev–Trinajstić information content (AvgIpc) is 2.87. The van der Waals surface area contributed by atoms with Crippen molar-refractivity contribution in [2.45, 2.75) is 13.0 Å². The molecule has 1 heterocycles. The molecule has 0 aromatic heterocycles. The first-order valence-corrected chi connectivity index (χ1v) is 6.03. The SMILES string of the molecule is NCc1ccc(F)c(-c2cccc3c2OCC3)c1. The fraction of sp³-hybridized carbons (Fsp3) is 0.200. The van der Waals surface area contributed by atoms with Crippen molar-refractivity contribution in [3.8, 4) is 16.9 Å². The van der Waals surface area contributed by atoms with Crippen LogP contribution in [0.4, 0.5) is 4.39 Å². The van der Waals surface area contributed by atoms with E-state index in [9.17, 15) is 4.39 Å². The molecule has 2 nitrogen and oxygen atoms in total. The Morgan fingerprint density at radius 2 is 2.06 bits per heavy atom. The summed E-state index contributed by atoms with van der Waals surface area (Å²) in [4.78, 5) is 0. The molecule has 2 aromatic rings. The summed E-state index contributed by atoms with van der Waals surface area (Å²) in [7, 11) is 0. The van der Waals surface area contributed by atoms with Crippen LogP contribution in [0.5, 0.6) is 5.75 Å². The molecule has 2 aromatic carbocycles. The number of hydrogen-bond acceptors (Lipinski definition) is 2. The Balaban J connectivity index is 2.18. The Morgan fingerprint density at radius 1 is 1.17 bits per heavy atom. The summed E-state index contributed by atoms with van der Waals surface area (Å²) in [6.07, 6.45) is 0.890. The minimum atomic E-state index is -0.240. The molecule has 0 atom stereocenters. The van der Waals surface area contributed by atoms with Crippen LogP contribution in [-0.2, 0) is 13.0 Å². The highest BCUT2D eigenvalue weighted by atomic mass is 19.1. The maximum Gasteiger partial charge on any atom is 0.131 e. The van der Waals surface area contributed by atoms with Crippen molar-refractivity contribution in [3.63, 3.8) is 0 Å². The Hall–Kier alpha value is -1.87. The van der Waals surface area contributed by atoms with E-state index < -0.39 is 0 Å². The number of nitrogens with two attached hydrogens (primary N) is 1. The zero-order chi connectivity index (χ0) is 12.5. The van der Waals surface area contributed by atoms with E-state index in [2.05, 4.69) is 0 Å². The second-order valence-electron chi connectivity index (χ2n) is 4.41. The van der Waals surface area contributed by atoms with Gasteiger partial charge in [-0.25, -0.2) is 4.39 Å². The Bertz CT molecular complexity index is 595. The predicted octanol–water partition coefficient (Wildman–Crippen LogP) is 2.89. The fourth-order valence-corrected chi connectivity index (χ4v) is 2.33. The number of para-hydroxylation sites is 1. The fourth-order valence-electron chi connectivity index (χ4n) is 2.33. The van der Waals surface area contributed by atoms with Crippen LogP contribution in [0, 0.1) is 5.82 Å². The Kier molecular flexibility index (Phi) is 2.76. The van der Waals surface area contributed by atoms with Gasteiger partial charge in [0.2, 0.25) is 0 Å². The van der Waals surface area contributed by atoms with Crippen molar-refractivity contribution in [3.05, 3.63) is 53.3 Å². The number of ether oxygens (including phenoxy) is 1. The number of rotatable bonds is 2. The second kappa shape index (κ2) is 4.42. The molecule has 18 heavy (non-hydrogen) atoms. The molecule has 1 aliphatic rings. The Morgan fingerprint density at radius 3 is 2.89 bits per heavy atom. The van der Waals surface area contributed by atoms with Crippen molar-refractivity contribution < 1.29 is 9.13 Å². The summed E-state index contributed by atoms with van der Waals surface area (Å²) in [5.41, 5.74) is 9.05. The lowest BCUT2D eigenvalue weighted by Crippen LogP contribution is -1.98. The van der Waals surface area contributed by atoms with Crippen LogP contribution < -0.4 is 10.5 Å². The predicted molar refractivity (Wildman–Crippen MR) is 68.9 cm³/mol. The molecule has 0 saturated heterocycles. The largest absolute Gasteiger partial charge is 0.492 e. The summed E-state index contributed by atoms with van der Waals surface area (Å²) in [6.45, 7) is 1.08. The minimum Gasteiger partial charge on any atom is -0.492 e. The maximum atomic E-state index is 14.0. The zero-order valence-electron chi connectivity index (χ0n) is 9.95. The summed E-state index contributed by atoms with van der Waals surface area (Å²) < 4.78 is 19.6. The van der Waals surface area contributed by atoms with Crippen molar-refractivity contribution in [1.29, 1.82) is 0 Å². The second-order valence-corrected chi connectivity index (χ2v) is 4.41. The summed E-state index contributed by atoms with van der Waals surface area (Å²) >= 11 is 0. The van der Waals surface area contributed by atoms with Crippen molar-refractivity contribution in [2.75, 3.05) is 6.61 Å². The van der Waals surface area contributed by atoms with Gasteiger partial charge in [0.15, 0.2) is 0 Å². The van der Waals surface area contributed by atoms with E-state index >= 15 is 0 Å². The molecule has 2 N–H and O–H groups in total. The lowest BCUT2D eigenvalue weighted by atomic mass is 9.99. The standard InChI is InChI=1S/C15H14FNO/c16-14-5-4-10(9-17)8-13(14)12-3-1-2-11-6-7-18-15(11)12/h1-5,8H,6-7,9,17H2. The molecule has 0 radical (unpaired) electrons. The van der Waals surface area contributed by atoms with Crippen LogP contribution in [0.25, 0.3) is 11.1 Å². The summed E-state index contributed by atoms with van der Waals surface area (Å²) in [5.74, 6) is 0.571. The van der Waals surface area contributed by atoms with Crippen molar-refractivity contribution >= 4 is 0 Å². The molecule has 0 fully saturated rings. The lowest BCUT2D eigenvalue weighted by Gasteiger charge is -2.10. The smallest absolute Gasteiger partial charge is 0.131 e. The van der Waals surface area contributed by atoms with E-state index in [0.717, 1.165) is 28.9 Å². The topological polar surface area (TPSA) is 35.2 Å². The molecule has 0 amide bonds. The molecule has 0 unspecified atom stereocenters. The molecule has 92 valence electrons. The molecule has 3 heteroatoms. The minimum absolute atomic E-state index is 0.240. The van der Waals surface area contributed by atoms with Crippen LogP contribution in [-0.4, -0.2) is 6.61 Å². The molecular formula is C15H14FNO. The van der Waals surface area contributed by atoms with E-state index in [1.54, 1.807) is 12.1 Å². The van der Waals surface area contributed by atoms with E-state index in [1.807, 2.05) is 18.2 Å². The molecule has 0 bridgehead atoms. The maximum absolute atomic E-state index is 14.0. The van der Waals surface area contributed by atoms with E-state index in [4.69, 9.17) is 10.5 Å². The van der Waals surface area contributed by atoms with Gasteiger partial charge in [-0.1, -0.05) is 24.3 Å². The number of benzene rings is 2.